The molecule has 152 valence electrons. The van der Waals surface area contributed by atoms with Gasteiger partial charge in [-0.1, -0.05) is 6.07 Å². The van der Waals surface area contributed by atoms with E-state index in [0.717, 1.165) is 23.2 Å². The number of Topliss-reactive ketones (excluding diaryl/α,β-unsaturated/α-hetero) is 1. The monoisotopic (exact) mass is 387 g/mol. The van der Waals surface area contributed by atoms with E-state index in [-0.39, 0.29) is 12.2 Å². The van der Waals surface area contributed by atoms with Crippen LogP contribution in [-0.2, 0) is 12.8 Å². The van der Waals surface area contributed by atoms with E-state index in [4.69, 9.17) is 18.9 Å². The Morgan fingerprint density at radius 3 is 2.11 bits per heavy atom. The molecule has 0 unspecified atom stereocenters. The van der Waals surface area contributed by atoms with Crippen LogP contribution in [0.5, 0.6) is 23.0 Å². The number of methoxy groups -OCH3 is 4. The van der Waals surface area contributed by atoms with E-state index in [9.17, 15) is 4.79 Å². The van der Waals surface area contributed by atoms with Crippen LogP contribution < -0.4 is 24.3 Å². The fourth-order valence-corrected chi connectivity index (χ4v) is 3.23. The van der Waals surface area contributed by atoms with E-state index in [1.165, 1.54) is 0 Å². The van der Waals surface area contributed by atoms with Crippen molar-refractivity contribution < 1.29 is 23.7 Å². The maximum Gasteiger partial charge on any atom is 0.167 e. The standard InChI is InChI=1S/C22H29NO5/c1-14-15(7-8-19(25-3)22(14)28-6)11-18(24)17-13-21(27-5)20(26-4)12-16(17)9-10-23-2/h7-8,12-13,23H,9-11H2,1-6H3. The lowest BCUT2D eigenvalue weighted by molar-refractivity contribution is 0.0991. The van der Waals surface area contributed by atoms with Crippen LogP contribution in [0.1, 0.15) is 27.0 Å². The first-order chi connectivity index (χ1) is 13.5. The summed E-state index contributed by atoms with van der Waals surface area (Å²) in [6.07, 6.45) is 0.969. The first-order valence-corrected chi connectivity index (χ1v) is 9.13. The Morgan fingerprint density at radius 1 is 0.893 bits per heavy atom. The van der Waals surface area contributed by atoms with Crippen LogP contribution in [-0.4, -0.2) is 47.8 Å². The molecule has 1 N–H and O–H groups in total. The van der Waals surface area contributed by atoms with Crippen LogP contribution in [0.2, 0.25) is 0 Å². The van der Waals surface area contributed by atoms with Crippen molar-refractivity contribution in [3.05, 3.63) is 46.5 Å². The molecular weight excluding hydrogens is 358 g/mol. The zero-order chi connectivity index (χ0) is 20.7. The highest BCUT2D eigenvalue weighted by atomic mass is 16.5. The van der Waals surface area contributed by atoms with Crippen molar-refractivity contribution in [2.75, 3.05) is 42.0 Å². The van der Waals surface area contributed by atoms with Gasteiger partial charge in [0.05, 0.1) is 28.4 Å². The van der Waals surface area contributed by atoms with Gasteiger partial charge in [0.1, 0.15) is 0 Å². The second kappa shape index (κ2) is 9.99. The Hall–Kier alpha value is -2.73. The van der Waals surface area contributed by atoms with E-state index in [1.807, 2.05) is 32.2 Å². The predicted octanol–water partition coefficient (Wildman–Crippen LogP) is 3.22. The van der Waals surface area contributed by atoms with Gasteiger partial charge < -0.3 is 24.3 Å². The lowest BCUT2D eigenvalue weighted by atomic mass is 9.94. The third-order valence-electron chi connectivity index (χ3n) is 4.81. The molecule has 2 aromatic rings. The summed E-state index contributed by atoms with van der Waals surface area (Å²) in [6, 6.07) is 7.38. The first kappa shape index (κ1) is 21.6. The van der Waals surface area contributed by atoms with Gasteiger partial charge in [-0.05, 0) is 61.8 Å². The molecule has 0 bridgehead atoms. The largest absolute Gasteiger partial charge is 0.493 e. The summed E-state index contributed by atoms with van der Waals surface area (Å²) in [5, 5.41) is 3.12. The number of carbonyl (C=O) groups is 1. The molecule has 28 heavy (non-hydrogen) atoms. The van der Waals surface area contributed by atoms with Crippen LogP contribution in [0.4, 0.5) is 0 Å². The summed E-state index contributed by atoms with van der Waals surface area (Å²) in [5.41, 5.74) is 3.36. The minimum Gasteiger partial charge on any atom is -0.493 e. The third kappa shape index (κ3) is 4.57. The molecule has 0 saturated carbocycles. The molecule has 2 aromatic carbocycles. The quantitative estimate of drug-likeness (QED) is 0.632. The molecule has 0 saturated heterocycles. The predicted molar refractivity (Wildman–Crippen MR) is 109 cm³/mol. The number of ketones is 1. The highest BCUT2D eigenvalue weighted by Crippen LogP contribution is 2.35. The van der Waals surface area contributed by atoms with Crippen LogP contribution in [0.15, 0.2) is 24.3 Å². The summed E-state index contributed by atoms with van der Waals surface area (Å²) in [6.45, 7) is 2.69. The highest BCUT2D eigenvalue weighted by Gasteiger charge is 2.19. The van der Waals surface area contributed by atoms with Gasteiger partial charge in [-0.15, -0.1) is 0 Å². The van der Waals surface area contributed by atoms with Crippen molar-refractivity contribution in [1.29, 1.82) is 0 Å². The van der Waals surface area contributed by atoms with E-state index >= 15 is 0 Å². The van der Waals surface area contributed by atoms with Crippen molar-refractivity contribution in [1.82, 2.24) is 5.32 Å². The molecule has 0 aliphatic carbocycles. The fourth-order valence-electron chi connectivity index (χ4n) is 3.23. The Bertz CT molecular complexity index is 832. The molecule has 0 heterocycles. The van der Waals surface area contributed by atoms with Gasteiger partial charge in [-0.25, -0.2) is 0 Å². The Kier molecular flexibility index (Phi) is 7.70. The fraction of sp³-hybridized carbons (Fsp3) is 0.409. The van der Waals surface area contributed by atoms with Crippen molar-refractivity contribution >= 4 is 5.78 Å². The van der Waals surface area contributed by atoms with Crippen molar-refractivity contribution in [3.63, 3.8) is 0 Å². The van der Waals surface area contributed by atoms with Gasteiger partial charge in [0.15, 0.2) is 28.8 Å². The summed E-state index contributed by atoms with van der Waals surface area (Å²) in [7, 11) is 8.24. The van der Waals surface area contributed by atoms with Gasteiger partial charge in [0, 0.05) is 12.0 Å². The first-order valence-electron chi connectivity index (χ1n) is 9.13. The summed E-state index contributed by atoms with van der Waals surface area (Å²) in [5.74, 6) is 2.48. The number of benzene rings is 2. The minimum absolute atomic E-state index is 0.0161. The van der Waals surface area contributed by atoms with E-state index < -0.39 is 0 Å². The number of rotatable bonds is 10. The number of carbonyl (C=O) groups excluding carboxylic acids is 1. The zero-order valence-electron chi connectivity index (χ0n) is 17.5. The van der Waals surface area contributed by atoms with Gasteiger partial charge in [-0.2, -0.15) is 0 Å². The van der Waals surface area contributed by atoms with Crippen LogP contribution in [0.3, 0.4) is 0 Å². The molecule has 6 nitrogen and oxygen atoms in total. The SMILES string of the molecule is CNCCc1cc(OC)c(OC)cc1C(=O)Cc1ccc(OC)c(OC)c1C. The maximum absolute atomic E-state index is 13.2. The molecule has 6 heteroatoms. The average Bonchev–Trinajstić information content (AvgIpc) is 2.72. The maximum atomic E-state index is 13.2. The summed E-state index contributed by atoms with van der Waals surface area (Å²) >= 11 is 0. The van der Waals surface area contributed by atoms with Crippen LogP contribution in [0.25, 0.3) is 0 Å². The minimum atomic E-state index is 0.0161. The molecule has 0 fully saturated rings. The summed E-state index contributed by atoms with van der Waals surface area (Å²) in [4.78, 5) is 13.2. The Morgan fingerprint density at radius 2 is 1.54 bits per heavy atom. The lowest BCUT2D eigenvalue weighted by Crippen LogP contribution is -2.15. The molecular formula is C22H29NO5. The molecule has 0 spiro atoms. The van der Waals surface area contributed by atoms with E-state index in [0.29, 0.717) is 35.0 Å². The zero-order valence-corrected chi connectivity index (χ0v) is 17.5. The van der Waals surface area contributed by atoms with Crippen molar-refractivity contribution in [3.8, 4) is 23.0 Å². The second-order valence-corrected chi connectivity index (χ2v) is 6.40. The molecule has 0 aliphatic rings. The number of ether oxygens (including phenoxy) is 4. The topological polar surface area (TPSA) is 66.0 Å². The Balaban J connectivity index is 2.43. The van der Waals surface area contributed by atoms with Crippen LogP contribution >= 0.6 is 0 Å². The smallest absolute Gasteiger partial charge is 0.167 e. The van der Waals surface area contributed by atoms with Gasteiger partial charge in [0.2, 0.25) is 0 Å². The molecule has 0 radical (unpaired) electrons. The molecule has 2 rings (SSSR count). The number of nitrogens with one attached hydrogen (secondary N) is 1. The average molecular weight is 387 g/mol. The van der Waals surface area contributed by atoms with Gasteiger partial charge in [-0.3, -0.25) is 4.79 Å². The lowest BCUT2D eigenvalue weighted by Gasteiger charge is -2.16. The second-order valence-electron chi connectivity index (χ2n) is 6.40. The highest BCUT2D eigenvalue weighted by molar-refractivity contribution is 5.99. The number of likely N-dealkylation sites (N-methyl/N-ethyl adjacent to an activating group) is 1. The normalized spacial score (nSPS) is 10.5. The van der Waals surface area contributed by atoms with E-state index in [1.54, 1.807) is 34.5 Å². The number of hydrogen-bond acceptors (Lipinski definition) is 6. The van der Waals surface area contributed by atoms with Crippen LogP contribution in [0, 0.1) is 6.92 Å². The molecule has 0 atom stereocenters. The third-order valence-corrected chi connectivity index (χ3v) is 4.81. The Labute approximate surface area is 166 Å². The molecule has 0 aromatic heterocycles. The molecule has 0 aliphatic heterocycles. The van der Waals surface area contributed by atoms with Crippen molar-refractivity contribution in [2.45, 2.75) is 19.8 Å². The van der Waals surface area contributed by atoms with Crippen molar-refractivity contribution in [2.24, 2.45) is 0 Å². The number of hydrogen-bond donors (Lipinski definition) is 1. The van der Waals surface area contributed by atoms with E-state index in [2.05, 4.69) is 5.32 Å². The molecule has 0 amide bonds. The van der Waals surface area contributed by atoms with Gasteiger partial charge >= 0.3 is 0 Å². The summed E-state index contributed by atoms with van der Waals surface area (Å²) < 4.78 is 21.6. The van der Waals surface area contributed by atoms with Gasteiger partial charge in [0.25, 0.3) is 0 Å².